The van der Waals surface area contributed by atoms with Crippen LogP contribution in [0.25, 0.3) is 6.08 Å². The van der Waals surface area contributed by atoms with Gasteiger partial charge in [-0.15, -0.1) is 0 Å². The van der Waals surface area contributed by atoms with E-state index in [4.69, 9.17) is 5.73 Å². The molecule has 3 N–H and O–H groups in total. The number of allylic oxidation sites excluding steroid dienone is 1. The van der Waals surface area contributed by atoms with Crippen molar-refractivity contribution in [3.8, 4) is 0 Å². The molecule has 0 unspecified atom stereocenters. The van der Waals surface area contributed by atoms with Gasteiger partial charge >= 0.3 is 6.03 Å². The van der Waals surface area contributed by atoms with Gasteiger partial charge in [-0.25, -0.2) is 10.2 Å². The third-order valence-corrected chi connectivity index (χ3v) is 1.90. The van der Waals surface area contributed by atoms with Crippen LogP contribution in [0.15, 0.2) is 35.4 Å². The van der Waals surface area contributed by atoms with E-state index >= 15 is 0 Å². The third-order valence-electron chi connectivity index (χ3n) is 1.90. The van der Waals surface area contributed by atoms with Crippen LogP contribution in [0, 0.1) is 6.92 Å². The van der Waals surface area contributed by atoms with Crippen LogP contribution < -0.4 is 11.2 Å². The molecule has 0 saturated heterocycles. The quantitative estimate of drug-likeness (QED) is 0.590. The second kappa shape index (κ2) is 5.70. The lowest BCUT2D eigenvalue weighted by Gasteiger charge is -1.96. The van der Waals surface area contributed by atoms with Gasteiger partial charge in [-0.05, 0) is 25.5 Å². The SMILES string of the molecule is CC(/C=C\c1cccc(C)c1)=N/NC(N)=O. The van der Waals surface area contributed by atoms with E-state index in [0.717, 1.165) is 5.56 Å². The Morgan fingerprint density at radius 1 is 1.50 bits per heavy atom. The maximum Gasteiger partial charge on any atom is 0.332 e. The number of primary amides is 1. The molecule has 2 amide bonds. The van der Waals surface area contributed by atoms with Crippen LogP contribution in [0.1, 0.15) is 18.1 Å². The van der Waals surface area contributed by atoms with Gasteiger partial charge in [0.25, 0.3) is 0 Å². The molecule has 1 aromatic carbocycles. The number of rotatable bonds is 3. The van der Waals surface area contributed by atoms with E-state index < -0.39 is 6.03 Å². The molecule has 4 nitrogen and oxygen atoms in total. The predicted molar refractivity (Wildman–Crippen MR) is 66.0 cm³/mol. The summed E-state index contributed by atoms with van der Waals surface area (Å²) in [6, 6.07) is 7.42. The summed E-state index contributed by atoms with van der Waals surface area (Å²) in [5.74, 6) is 0. The predicted octanol–water partition coefficient (Wildman–Crippen LogP) is 2.05. The lowest BCUT2D eigenvalue weighted by atomic mass is 10.1. The fourth-order valence-corrected chi connectivity index (χ4v) is 1.17. The molecule has 4 heteroatoms. The highest BCUT2D eigenvalue weighted by Gasteiger charge is 1.90. The van der Waals surface area contributed by atoms with Gasteiger partial charge in [0.15, 0.2) is 0 Å². The number of carbonyl (C=O) groups is 1. The van der Waals surface area contributed by atoms with Crippen molar-refractivity contribution >= 4 is 17.8 Å². The third kappa shape index (κ3) is 4.41. The van der Waals surface area contributed by atoms with Gasteiger partial charge in [-0.2, -0.15) is 5.10 Å². The summed E-state index contributed by atoms with van der Waals surface area (Å²) < 4.78 is 0. The zero-order chi connectivity index (χ0) is 12.0. The van der Waals surface area contributed by atoms with E-state index in [9.17, 15) is 4.79 Å². The van der Waals surface area contributed by atoms with E-state index in [0.29, 0.717) is 5.71 Å². The number of urea groups is 1. The van der Waals surface area contributed by atoms with Crippen molar-refractivity contribution in [1.82, 2.24) is 5.43 Å². The number of aryl methyl sites for hydroxylation is 1. The van der Waals surface area contributed by atoms with E-state index in [1.807, 2.05) is 37.3 Å². The molecule has 84 valence electrons. The van der Waals surface area contributed by atoms with Crippen molar-refractivity contribution in [2.45, 2.75) is 13.8 Å². The average molecular weight is 217 g/mol. The van der Waals surface area contributed by atoms with Crippen molar-refractivity contribution in [2.24, 2.45) is 10.8 Å². The minimum absolute atomic E-state index is 0.664. The monoisotopic (exact) mass is 217 g/mol. The molecule has 0 aromatic heterocycles. The number of benzene rings is 1. The van der Waals surface area contributed by atoms with Crippen LogP contribution in [-0.2, 0) is 0 Å². The zero-order valence-electron chi connectivity index (χ0n) is 9.40. The molecule has 16 heavy (non-hydrogen) atoms. The zero-order valence-corrected chi connectivity index (χ0v) is 9.40. The first-order valence-electron chi connectivity index (χ1n) is 4.92. The van der Waals surface area contributed by atoms with E-state index in [-0.39, 0.29) is 0 Å². The molecule has 1 rings (SSSR count). The molecule has 0 aliphatic rings. The molecule has 1 aromatic rings. The Bertz CT molecular complexity index is 436. The molecule has 0 bridgehead atoms. The summed E-state index contributed by atoms with van der Waals surface area (Å²) in [5, 5.41) is 3.77. The van der Waals surface area contributed by atoms with Crippen molar-refractivity contribution in [2.75, 3.05) is 0 Å². The molecule has 0 saturated carbocycles. The summed E-state index contributed by atoms with van der Waals surface area (Å²) in [6.07, 6.45) is 3.74. The Labute approximate surface area is 94.8 Å². The molecule has 0 radical (unpaired) electrons. The second-order valence-corrected chi connectivity index (χ2v) is 3.48. The summed E-state index contributed by atoms with van der Waals surface area (Å²) >= 11 is 0. The van der Waals surface area contributed by atoms with Gasteiger partial charge in [0.1, 0.15) is 0 Å². The average Bonchev–Trinajstić information content (AvgIpc) is 2.23. The van der Waals surface area contributed by atoms with Crippen LogP contribution in [0.2, 0.25) is 0 Å². The molecule has 0 heterocycles. The number of nitrogens with zero attached hydrogens (tertiary/aromatic N) is 1. The topological polar surface area (TPSA) is 67.5 Å². The second-order valence-electron chi connectivity index (χ2n) is 3.48. The van der Waals surface area contributed by atoms with Gasteiger partial charge in [-0.1, -0.05) is 35.9 Å². The highest BCUT2D eigenvalue weighted by molar-refractivity contribution is 5.96. The maximum absolute atomic E-state index is 10.4. The summed E-state index contributed by atoms with van der Waals surface area (Å²) in [6.45, 7) is 3.81. The first-order valence-corrected chi connectivity index (χ1v) is 4.92. The molecule has 0 fully saturated rings. The molecule has 0 aliphatic heterocycles. The van der Waals surface area contributed by atoms with Gasteiger partial charge in [0.05, 0.1) is 5.71 Å². The fourth-order valence-electron chi connectivity index (χ4n) is 1.17. The van der Waals surface area contributed by atoms with Gasteiger partial charge in [0, 0.05) is 0 Å². The number of nitrogens with two attached hydrogens (primary N) is 1. The van der Waals surface area contributed by atoms with Crippen LogP contribution in [0.4, 0.5) is 4.79 Å². The standard InChI is InChI=1S/C12H15N3O/c1-9-4-3-5-11(8-9)7-6-10(2)14-15-12(13)16/h3-8H,1-2H3,(H3,13,15,16)/b7-6-,14-10-. The molecule has 0 atom stereocenters. The molecular weight excluding hydrogens is 202 g/mol. The smallest absolute Gasteiger partial charge is 0.332 e. The lowest BCUT2D eigenvalue weighted by molar-refractivity contribution is 0.249. The van der Waals surface area contributed by atoms with Crippen LogP contribution in [0.5, 0.6) is 0 Å². The first kappa shape index (κ1) is 12.0. The first-order chi connectivity index (χ1) is 7.58. The number of amides is 2. The van der Waals surface area contributed by atoms with E-state index in [1.54, 1.807) is 6.92 Å². The maximum atomic E-state index is 10.4. The fraction of sp³-hybridized carbons (Fsp3) is 0.167. The molecule has 0 aliphatic carbocycles. The molecular formula is C12H15N3O. The van der Waals surface area contributed by atoms with Crippen molar-refractivity contribution in [1.29, 1.82) is 0 Å². The minimum atomic E-state index is -0.664. The Morgan fingerprint density at radius 2 is 2.25 bits per heavy atom. The summed E-state index contributed by atoms with van der Waals surface area (Å²) in [7, 11) is 0. The Kier molecular flexibility index (Phi) is 4.27. The number of hydrazone groups is 1. The van der Waals surface area contributed by atoms with Crippen LogP contribution in [0.3, 0.4) is 0 Å². The summed E-state index contributed by atoms with van der Waals surface area (Å²) in [4.78, 5) is 10.4. The summed E-state index contributed by atoms with van der Waals surface area (Å²) in [5.41, 5.74) is 10.0. The highest BCUT2D eigenvalue weighted by atomic mass is 16.2. The largest absolute Gasteiger partial charge is 0.350 e. The van der Waals surface area contributed by atoms with Gasteiger partial charge in [0.2, 0.25) is 0 Å². The number of carbonyl (C=O) groups excluding carboxylic acids is 1. The Balaban J connectivity index is 2.66. The lowest BCUT2D eigenvalue weighted by Crippen LogP contribution is -2.25. The van der Waals surface area contributed by atoms with Crippen molar-refractivity contribution in [3.63, 3.8) is 0 Å². The molecule has 0 spiro atoms. The Hall–Kier alpha value is -2.10. The van der Waals surface area contributed by atoms with E-state index in [1.165, 1.54) is 5.56 Å². The number of hydrogen-bond donors (Lipinski definition) is 2. The normalized spacial score (nSPS) is 11.8. The number of nitrogens with one attached hydrogen (secondary N) is 1. The van der Waals surface area contributed by atoms with E-state index in [2.05, 4.69) is 16.6 Å². The number of hydrogen-bond acceptors (Lipinski definition) is 2. The van der Waals surface area contributed by atoms with Crippen LogP contribution in [-0.4, -0.2) is 11.7 Å². The minimum Gasteiger partial charge on any atom is -0.350 e. The highest BCUT2D eigenvalue weighted by Crippen LogP contribution is 2.05. The Morgan fingerprint density at radius 3 is 2.88 bits per heavy atom. The van der Waals surface area contributed by atoms with Crippen molar-refractivity contribution < 1.29 is 4.79 Å². The van der Waals surface area contributed by atoms with Gasteiger partial charge < -0.3 is 5.73 Å². The van der Waals surface area contributed by atoms with Crippen molar-refractivity contribution in [3.05, 3.63) is 41.5 Å². The van der Waals surface area contributed by atoms with Gasteiger partial charge in [-0.3, -0.25) is 0 Å². The van der Waals surface area contributed by atoms with Crippen LogP contribution >= 0.6 is 0 Å².